The predicted molar refractivity (Wildman–Crippen MR) is 159 cm³/mol. The van der Waals surface area contributed by atoms with E-state index in [1.165, 1.54) is 39.9 Å². The highest BCUT2D eigenvalue weighted by molar-refractivity contribution is 7.89. The van der Waals surface area contributed by atoms with Gasteiger partial charge in [0.05, 0.1) is 23.0 Å². The van der Waals surface area contributed by atoms with Gasteiger partial charge in [-0.15, -0.1) is 11.3 Å². The second kappa shape index (κ2) is 13.5. The summed E-state index contributed by atoms with van der Waals surface area (Å²) in [6, 6.07) is 5.85. The van der Waals surface area contributed by atoms with Crippen molar-refractivity contribution in [2.75, 3.05) is 51.2 Å². The minimum atomic E-state index is -3.77. The lowest BCUT2D eigenvalue weighted by Crippen LogP contribution is -2.40. The number of nitrogens with zero attached hydrogens (tertiary/aromatic N) is 3. The van der Waals surface area contributed by atoms with E-state index in [-0.39, 0.29) is 35.8 Å². The minimum Gasteiger partial charge on any atom is -0.466 e. The van der Waals surface area contributed by atoms with Gasteiger partial charge in [-0.05, 0) is 76.4 Å². The molecule has 2 aliphatic rings. The molecule has 2 aromatic rings. The van der Waals surface area contributed by atoms with Gasteiger partial charge in [-0.25, -0.2) is 8.42 Å². The van der Waals surface area contributed by atoms with Gasteiger partial charge < -0.3 is 15.0 Å². The number of anilines is 1. The first-order valence-corrected chi connectivity index (χ1v) is 16.6. The fourth-order valence-electron chi connectivity index (χ4n) is 5.40. The maximum absolute atomic E-state index is 13.5. The van der Waals surface area contributed by atoms with Gasteiger partial charge in [-0.3, -0.25) is 19.3 Å². The molecule has 0 saturated carbocycles. The van der Waals surface area contributed by atoms with Gasteiger partial charge in [0.2, 0.25) is 10.0 Å². The third-order valence-corrected chi connectivity index (χ3v) is 10.9. The first-order chi connectivity index (χ1) is 19.6. The van der Waals surface area contributed by atoms with Crippen LogP contribution in [0.15, 0.2) is 29.2 Å². The monoisotopic (exact) mass is 604 g/mol. The number of hydrogen-bond acceptors (Lipinski definition) is 8. The quantitative estimate of drug-likeness (QED) is 0.410. The zero-order valence-electron chi connectivity index (χ0n) is 24.3. The number of esters is 1. The molecule has 0 atom stereocenters. The van der Waals surface area contributed by atoms with Crippen molar-refractivity contribution in [1.82, 2.24) is 14.1 Å². The number of carbonyl (C=O) groups excluding carboxylic acids is 3. The molecule has 1 aromatic heterocycles. The summed E-state index contributed by atoms with van der Waals surface area (Å²) in [6.07, 6.45) is 1.57. The van der Waals surface area contributed by atoms with Crippen LogP contribution in [-0.4, -0.2) is 86.2 Å². The van der Waals surface area contributed by atoms with Crippen molar-refractivity contribution < 1.29 is 27.5 Å². The molecule has 1 fully saturated rings. The van der Waals surface area contributed by atoms with Crippen molar-refractivity contribution in [2.45, 2.75) is 58.4 Å². The Balaban J connectivity index is 1.50. The third-order valence-electron chi connectivity index (χ3n) is 7.90. The number of sulfonamides is 1. The smallest absolute Gasteiger partial charge is 0.309 e. The van der Waals surface area contributed by atoms with Crippen LogP contribution in [0, 0.1) is 5.92 Å². The number of nitrogens with one attached hydrogen (secondary N) is 1. The second-order valence-corrected chi connectivity index (χ2v) is 13.3. The molecule has 1 aromatic carbocycles. The van der Waals surface area contributed by atoms with Crippen LogP contribution in [0.1, 0.15) is 71.7 Å². The first-order valence-electron chi connectivity index (χ1n) is 14.4. The molecule has 0 spiro atoms. The molecule has 224 valence electrons. The van der Waals surface area contributed by atoms with Gasteiger partial charge in [-0.2, -0.15) is 4.31 Å². The van der Waals surface area contributed by atoms with Gasteiger partial charge in [0.15, 0.2) is 0 Å². The summed E-state index contributed by atoms with van der Waals surface area (Å²) in [6.45, 7) is 12.2. The summed E-state index contributed by atoms with van der Waals surface area (Å²) in [5.41, 5.74) is 1.89. The number of ether oxygens (including phenoxy) is 1. The van der Waals surface area contributed by atoms with E-state index >= 15 is 0 Å². The van der Waals surface area contributed by atoms with Crippen LogP contribution < -0.4 is 5.32 Å². The number of thiophene rings is 1. The van der Waals surface area contributed by atoms with Crippen LogP contribution in [0.3, 0.4) is 0 Å². The molecule has 0 radical (unpaired) electrons. The Morgan fingerprint density at radius 1 is 1.02 bits per heavy atom. The summed E-state index contributed by atoms with van der Waals surface area (Å²) >= 11 is 1.45. The lowest BCUT2D eigenvalue weighted by molar-refractivity contribution is -0.149. The Morgan fingerprint density at radius 3 is 2.27 bits per heavy atom. The topological polar surface area (TPSA) is 116 Å². The Labute approximate surface area is 246 Å². The summed E-state index contributed by atoms with van der Waals surface area (Å²) in [5.74, 6) is -1.06. The summed E-state index contributed by atoms with van der Waals surface area (Å²) in [5, 5.41) is 3.50. The van der Waals surface area contributed by atoms with Crippen LogP contribution in [0.5, 0.6) is 0 Å². The van der Waals surface area contributed by atoms with E-state index < -0.39 is 15.9 Å². The number of rotatable bonds is 10. The maximum Gasteiger partial charge on any atom is 0.309 e. The molecule has 3 heterocycles. The van der Waals surface area contributed by atoms with Crippen LogP contribution in [0.25, 0.3) is 0 Å². The molecule has 10 nitrogen and oxygen atoms in total. The molecular formula is C29H40N4O6S2. The highest BCUT2D eigenvalue weighted by Crippen LogP contribution is 2.38. The molecule has 0 bridgehead atoms. The number of likely N-dealkylation sites (N-methyl/N-ethyl adjacent to an activating group) is 1. The number of amides is 2. The average molecular weight is 605 g/mol. The Bertz CT molecular complexity index is 1360. The van der Waals surface area contributed by atoms with Crippen molar-refractivity contribution in [3.05, 3.63) is 45.8 Å². The Kier molecular flexibility index (Phi) is 10.2. The SMILES string of the molecule is CCOC(=O)C1CCN(S(=O)(=O)c2ccc(C(=O)Nc3sc4c(c3C(=O)N(CC)CC)CCN(CC)C4)cc2)CC1. The highest BCUT2D eigenvalue weighted by atomic mass is 32.2. The number of piperidine rings is 1. The van der Waals surface area contributed by atoms with Crippen LogP contribution >= 0.6 is 11.3 Å². The van der Waals surface area contributed by atoms with Gasteiger partial charge in [0.25, 0.3) is 11.8 Å². The molecule has 2 amide bonds. The summed E-state index contributed by atoms with van der Waals surface area (Å²) < 4.78 is 32.9. The predicted octanol–water partition coefficient (Wildman–Crippen LogP) is 3.82. The summed E-state index contributed by atoms with van der Waals surface area (Å²) in [7, 11) is -3.77. The largest absolute Gasteiger partial charge is 0.466 e. The minimum absolute atomic E-state index is 0.0825. The number of hydrogen-bond donors (Lipinski definition) is 1. The van der Waals surface area contributed by atoms with E-state index in [4.69, 9.17) is 4.74 Å². The normalized spacial score (nSPS) is 16.7. The maximum atomic E-state index is 13.5. The van der Waals surface area contributed by atoms with E-state index in [0.717, 1.165) is 36.5 Å². The molecular weight excluding hydrogens is 564 g/mol. The zero-order chi connectivity index (χ0) is 29.7. The van der Waals surface area contributed by atoms with Crippen molar-refractivity contribution in [1.29, 1.82) is 0 Å². The fourth-order valence-corrected chi connectivity index (χ4v) is 8.15. The molecule has 1 N–H and O–H groups in total. The van der Waals surface area contributed by atoms with Gasteiger partial charge in [0.1, 0.15) is 5.00 Å². The van der Waals surface area contributed by atoms with E-state index in [2.05, 4.69) is 17.1 Å². The lowest BCUT2D eigenvalue weighted by atomic mass is 9.98. The fraction of sp³-hybridized carbons (Fsp3) is 0.552. The number of fused-ring (bicyclic) bond motifs is 1. The van der Waals surface area contributed by atoms with Gasteiger partial charge in [0, 0.05) is 49.7 Å². The average Bonchev–Trinajstić information content (AvgIpc) is 3.34. The molecule has 41 heavy (non-hydrogen) atoms. The first kappa shape index (κ1) is 31.1. The van der Waals surface area contributed by atoms with Crippen molar-refractivity contribution in [3.8, 4) is 0 Å². The number of carbonyl (C=O) groups is 3. The summed E-state index contributed by atoms with van der Waals surface area (Å²) in [4.78, 5) is 44.1. The van der Waals surface area contributed by atoms with E-state index in [1.54, 1.807) is 11.8 Å². The zero-order valence-corrected chi connectivity index (χ0v) is 25.9. The van der Waals surface area contributed by atoms with Crippen LogP contribution in [-0.2, 0) is 32.5 Å². The lowest BCUT2D eigenvalue weighted by Gasteiger charge is -2.30. The van der Waals surface area contributed by atoms with Crippen molar-refractivity contribution in [2.24, 2.45) is 5.92 Å². The molecule has 0 aliphatic carbocycles. The van der Waals surface area contributed by atoms with Gasteiger partial charge in [-0.1, -0.05) is 6.92 Å². The van der Waals surface area contributed by atoms with E-state index in [9.17, 15) is 22.8 Å². The highest BCUT2D eigenvalue weighted by Gasteiger charge is 2.33. The number of benzene rings is 1. The standard InChI is InChI=1S/C29H40N4O6S2/c1-5-31-16-15-23-24(19-31)40-27(25(23)28(35)32(6-2)7-3)30-26(34)20-9-11-22(12-10-20)41(37,38)33-17-13-21(14-18-33)29(36)39-8-4/h9-12,21H,5-8,13-19H2,1-4H3,(H,30,34). The van der Waals surface area contributed by atoms with Crippen LogP contribution in [0.4, 0.5) is 5.00 Å². The Hall–Kier alpha value is -2.80. The van der Waals surface area contributed by atoms with Gasteiger partial charge >= 0.3 is 5.97 Å². The molecule has 4 rings (SSSR count). The third kappa shape index (κ3) is 6.66. The molecule has 2 aliphatic heterocycles. The molecule has 1 saturated heterocycles. The van der Waals surface area contributed by atoms with Crippen LogP contribution in [0.2, 0.25) is 0 Å². The molecule has 0 unspecified atom stereocenters. The van der Waals surface area contributed by atoms with Crippen molar-refractivity contribution >= 4 is 44.1 Å². The van der Waals surface area contributed by atoms with E-state index in [0.29, 0.717) is 48.7 Å². The van der Waals surface area contributed by atoms with Crippen molar-refractivity contribution in [3.63, 3.8) is 0 Å². The Morgan fingerprint density at radius 2 is 1.68 bits per heavy atom. The van der Waals surface area contributed by atoms with E-state index in [1.807, 2.05) is 13.8 Å². The molecule has 12 heteroatoms. The second-order valence-electron chi connectivity index (χ2n) is 10.2.